The zero-order valence-corrected chi connectivity index (χ0v) is 27.3. The first kappa shape index (κ1) is 33.2. The summed E-state index contributed by atoms with van der Waals surface area (Å²) in [7, 11) is 1.48. The van der Waals surface area contributed by atoms with Crippen LogP contribution in [0.2, 0.25) is 0 Å². The highest BCUT2D eigenvalue weighted by Crippen LogP contribution is 2.68. The van der Waals surface area contributed by atoms with Gasteiger partial charge in [-0.3, -0.25) is 0 Å². The molecule has 44 heavy (non-hydrogen) atoms. The molecular formula is C34H56O10. The van der Waals surface area contributed by atoms with Gasteiger partial charge in [0, 0.05) is 18.9 Å². The largest absolute Gasteiger partial charge is 0.390 e. The third kappa shape index (κ3) is 5.24. The minimum absolute atomic E-state index is 0.0202. The molecule has 0 aromatic carbocycles. The second-order valence-electron chi connectivity index (χ2n) is 15.4. The lowest BCUT2D eigenvalue weighted by Crippen LogP contribution is -2.61. The van der Waals surface area contributed by atoms with Gasteiger partial charge in [0.25, 0.3) is 0 Å². The highest BCUT2D eigenvalue weighted by Gasteiger charge is 2.67. The number of fused-ring (bicyclic) bond motifs is 5. The van der Waals surface area contributed by atoms with Crippen LogP contribution in [0.1, 0.15) is 92.4 Å². The van der Waals surface area contributed by atoms with E-state index in [0.29, 0.717) is 5.92 Å². The summed E-state index contributed by atoms with van der Waals surface area (Å²) in [6, 6.07) is 0. The van der Waals surface area contributed by atoms with Crippen LogP contribution in [-0.2, 0) is 23.7 Å². The van der Waals surface area contributed by atoms with E-state index in [2.05, 4.69) is 26.8 Å². The van der Waals surface area contributed by atoms with Crippen molar-refractivity contribution >= 4 is 0 Å². The van der Waals surface area contributed by atoms with E-state index >= 15 is 0 Å². The van der Waals surface area contributed by atoms with Crippen LogP contribution in [0.3, 0.4) is 0 Å². The van der Waals surface area contributed by atoms with Crippen molar-refractivity contribution in [3.05, 3.63) is 11.6 Å². The number of hydrogen-bond acceptors (Lipinski definition) is 10. The summed E-state index contributed by atoms with van der Waals surface area (Å²) in [5.74, 6) is 0.707. The molecule has 17 atom stereocenters. The maximum Gasteiger partial charge on any atom is 0.186 e. The van der Waals surface area contributed by atoms with Crippen LogP contribution in [0.4, 0.5) is 0 Å². The molecule has 0 aromatic heterocycles. The summed E-state index contributed by atoms with van der Waals surface area (Å²) in [6.07, 6.45) is 2.40. The van der Waals surface area contributed by atoms with Crippen LogP contribution >= 0.6 is 0 Å². The van der Waals surface area contributed by atoms with Crippen LogP contribution in [-0.4, -0.2) is 106 Å². The van der Waals surface area contributed by atoms with Crippen LogP contribution < -0.4 is 0 Å². The molecule has 10 nitrogen and oxygen atoms in total. The third-order valence-corrected chi connectivity index (χ3v) is 13.3. The van der Waals surface area contributed by atoms with Crippen LogP contribution in [0.25, 0.3) is 0 Å². The van der Waals surface area contributed by atoms with Crippen molar-refractivity contribution in [2.75, 3.05) is 7.11 Å². The van der Waals surface area contributed by atoms with Gasteiger partial charge in [0.05, 0.1) is 36.1 Å². The Labute approximate surface area is 262 Å². The predicted molar refractivity (Wildman–Crippen MR) is 160 cm³/mol. The van der Waals surface area contributed by atoms with Gasteiger partial charge in [0.1, 0.15) is 24.4 Å². The molecule has 2 aliphatic heterocycles. The van der Waals surface area contributed by atoms with Gasteiger partial charge in [-0.2, -0.15) is 0 Å². The van der Waals surface area contributed by atoms with Gasteiger partial charge >= 0.3 is 0 Å². The van der Waals surface area contributed by atoms with E-state index in [1.807, 2.05) is 0 Å². The van der Waals surface area contributed by atoms with Crippen molar-refractivity contribution in [2.45, 2.75) is 166 Å². The Morgan fingerprint density at radius 2 is 1.64 bits per heavy atom. The molecular weight excluding hydrogens is 568 g/mol. The smallest absolute Gasteiger partial charge is 0.186 e. The quantitative estimate of drug-likeness (QED) is 0.280. The van der Waals surface area contributed by atoms with Gasteiger partial charge in [0.15, 0.2) is 12.6 Å². The first-order valence-corrected chi connectivity index (χ1v) is 17.0. The third-order valence-electron chi connectivity index (χ3n) is 13.3. The molecule has 4 aliphatic carbocycles. The van der Waals surface area contributed by atoms with E-state index in [4.69, 9.17) is 23.7 Å². The summed E-state index contributed by atoms with van der Waals surface area (Å²) in [5, 5.41) is 54.1. The number of hydrogen-bond donors (Lipinski definition) is 5. The fraction of sp³-hybridized carbons (Fsp3) is 0.941. The Hall–Kier alpha value is -0.660. The van der Waals surface area contributed by atoms with E-state index in [9.17, 15) is 25.5 Å². The minimum Gasteiger partial charge on any atom is -0.390 e. The summed E-state index contributed by atoms with van der Waals surface area (Å²) in [6.45, 7) is 10.2. The lowest BCUT2D eigenvalue weighted by Gasteiger charge is -2.61. The first-order chi connectivity index (χ1) is 20.7. The molecule has 0 radical (unpaired) electrons. The van der Waals surface area contributed by atoms with Crippen molar-refractivity contribution in [1.82, 2.24) is 0 Å². The normalized spacial score (nSPS) is 55.0. The molecule has 6 rings (SSSR count). The Bertz CT molecular complexity index is 1060. The molecule has 2 heterocycles. The Morgan fingerprint density at radius 3 is 2.34 bits per heavy atom. The fourth-order valence-corrected chi connectivity index (χ4v) is 10.5. The lowest BCUT2D eigenvalue weighted by molar-refractivity contribution is -0.309. The molecule has 0 spiro atoms. The molecule has 6 aliphatic rings. The Kier molecular flexibility index (Phi) is 9.14. The van der Waals surface area contributed by atoms with Crippen molar-refractivity contribution in [2.24, 2.45) is 28.6 Å². The Balaban J connectivity index is 1.13. The second-order valence-corrected chi connectivity index (χ2v) is 15.4. The van der Waals surface area contributed by atoms with Crippen molar-refractivity contribution < 1.29 is 49.2 Å². The molecule has 0 aromatic rings. The monoisotopic (exact) mass is 624 g/mol. The number of rotatable bonds is 6. The molecule has 0 unspecified atom stereocenters. The number of aliphatic hydroxyl groups excluding tert-OH is 4. The first-order valence-electron chi connectivity index (χ1n) is 17.0. The predicted octanol–water partition coefficient (Wildman–Crippen LogP) is 2.81. The van der Waals surface area contributed by atoms with E-state index in [0.717, 1.165) is 51.4 Å². The molecule has 10 heteroatoms. The number of allylic oxidation sites excluding steroid dienone is 1. The van der Waals surface area contributed by atoms with E-state index in [1.165, 1.54) is 12.7 Å². The van der Waals surface area contributed by atoms with Gasteiger partial charge in [-0.1, -0.05) is 25.5 Å². The SMILES string of the molecule is CO[C@H]1[C@@H](O)[C@@H](C)O[C@@H](O[C@H]2CC[C@@]3(C)C(=CC[C@H]4[C@@H]3CC[C@]3(C)[C@@H]([C@H](C)O[C@@H]5C[C@H](O)[C@@H](O)[C@H](C)O5)CC[C@]43O)C2)[C@@H]1O. The molecule has 5 fully saturated rings. The van der Waals surface area contributed by atoms with Gasteiger partial charge in [-0.05, 0) is 95.3 Å². The van der Waals surface area contributed by atoms with Crippen molar-refractivity contribution in [3.8, 4) is 0 Å². The highest BCUT2D eigenvalue weighted by atomic mass is 16.7. The molecule has 3 saturated carbocycles. The molecule has 252 valence electrons. The van der Waals surface area contributed by atoms with Crippen LogP contribution in [0.15, 0.2) is 11.6 Å². The summed E-state index contributed by atoms with van der Waals surface area (Å²) < 4.78 is 29.8. The van der Waals surface area contributed by atoms with E-state index < -0.39 is 60.9 Å². The van der Waals surface area contributed by atoms with Gasteiger partial charge in [-0.25, -0.2) is 0 Å². The van der Waals surface area contributed by atoms with Gasteiger partial charge in [0.2, 0.25) is 0 Å². The van der Waals surface area contributed by atoms with Gasteiger partial charge < -0.3 is 49.2 Å². The lowest BCUT2D eigenvalue weighted by atomic mass is 9.45. The topological polar surface area (TPSA) is 147 Å². The number of aliphatic hydroxyl groups is 5. The van der Waals surface area contributed by atoms with Crippen LogP contribution in [0, 0.1) is 28.6 Å². The highest BCUT2D eigenvalue weighted by molar-refractivity contribution is 5.28. The molecule has 2 saturated heterocycles. The number of methoxy groups -OCH3 is 1. The van der Waals surface area contributed by atoms with Crippen LogP contribution in [0.5, 0.6) is 0 Å². The Morgan fingerprint density at radius 1 is 0.909 bits per heavy atom. The number of ether oxygens (including phenoxy) is 5. The summed E-state index contributed by atoms with van der Waals surface area (Å²) in [4.78, 5) is 0. The van der Waals surface area contributed by atoms with Gasteiger partial charge in [-0.15, -0.1) is 0 Å². The van der Waals surface area contributed by atoms with Crippen molar-refractivity contribution in [3.63, 3.8) is 0 Å². The molecule has 0 bridgehead atoms. The second kappa shape index (κ2) is 12.1. The summed E-state index contributed by atoms with van der Waals surface area (Å²) in [5.41, 5.74) is 0.286. The summed E-state index contributed by atoms with van der Waals surface area (Å²) >= 11 is 0. The zero-order valence-electron chi connectivity index (χ0n) is 27.3. The standard InChI is InChI=1S/C34H56O10/c1-17(41-26-16-25(35)27(36)18(2)42-26)22-11-14-34(39)24-8-7-20-15-21(9-12-32(20,4)23(24)10-13-33(22,34)5)44-31-29(38)30(40-6)28(37)19(3)43-31/h7,17-19,21-31,35-39H,8-16H2,1-6H3/t17-,18-,19+,21-,22+,23-,24-,25-,26-,27-,28-,29+,30-,31-,32-,33+,34-/m0/s1. The van der Waals surface area contributed by atoms with Crippen molar-refractivity contribution in [1.29, 1.82) is 0 Å². The average molecular weight is 625 g/mol. The van der Waals surface area contributed by atoms with E-state index in [1.54, 1.807) is 13.8 Å². The zero-order chi connectivity index (χ0) is 31.8. The maximum atomic E-state index is 12.6. The molecule has 0 amide bonds. The minimum atomic E-state index is -1.07. The average Bonchev–Trinajstić information content (AvgIpc) is 3.26. The fourth-order valence-electron chi connectivity index (χ4n) is 10.5. The van der Waals surface area contributed by atoms with E-state index in [-0.39, 0.29) is 41.3 Å². The molecule has 5 N–H and O–H groups in total. The maximum absolute atomic E-state index is 12.6.